The fourth-order valence-electron chi connectivity index (χ4n) is 5.63. The number of rotatable bonds is 6. The first-order valence-corrected chi connectivity index (χ1v) is 13.3. The Kier molecular flexibility index (Phi) is 7.78. The van der Waals surface area contributed by atoms with Crippen molar-refractivity contribution in [2.24, 2.45) is 11.8 Å². The molecule has 7 nitrogen and oxygen atoms in total. The summed E-state index contributed by atoms with van der Waals surface area (Å²) >= 11 is 0. The summed E-state index contributed by atoms with van der Waals surface area (Å²) in [6, 6.07) is 11.3. The fourth-order valence-corrected chi connectivity index (χ4v) is 6.90. The van der Waals surface area contributed by atoms with Crippen LogP contribution in [0.25, 0.3) is 0 Å². The van der Waals surface area contributed by atoms with E-state index in [0.717, 1.165) is 64.1 Å². The fraction of sp³-hybridized carbons (Fsp3) is 0.520. The van der Waals surface area contributed by atoms with E-state index in [-0.39, 0.29) is 23.3 Å². The maximum absolute atomic E-state index is 12.5. The Balaban J connectivity index is 0.00000274. The zero-order chi connectivity index (χ0) is 22.8. The molecule has 1 aromatic carbocycles. The molecular weight excluding hydrogens is 472 g/mol. The first kappa shape index (κ1) is 24.9. The van der Waals surface area contributed by atoms with Gasteiger partial charge in [-0.1, -0.05) is 0 Å². The first-order chi connectivity index (χ1) is 16.0. The Morgan fingerprint density at radius 1 is 1.18 bits per heavy atom. The first-order valence-electron chi connectivity index (χ1n) is 11.8. The Hall–Kier alpha value is -2.18. The lowest BCUT2D eigenvalue weighted by Crippen LogP contribution is -2.38. The van der Waals surface area contributed by atoms with Gasteiger partial charge in [-0.15, -0.1) is 12.4 Å². The second kappa shape index (κ2) is 10.6. The molecule has 2 aliphatic heterocycles. The highest BCUT2D eigenvalue weighted by atomic mass is 35.5. The molecule has 3 aliphatic rings. The number of hydrogen-bond acceptors (Lipinski definition) is 6. The van der Waals surface area contributed by atoms with Crippen LogP contribution in [-0.2, 0) is 10.0 Å². The highest BCUT2D eigenvalue weighted by molar-refractivity contribution is 7.89. The summed E-state index contributed by atoms with van der Waals surface area (Å²) in [7, 11) is -3.50. The van der Waals surface area contributed by atoms with Crippen molar-refractivity contribution in [1.29, 1.82) is 5.26 Å². The lowest BCUT2D eigenvalue weighted by Gasteiger charge is -2.30. The molecule has 34 heavy (non-hydrogen) atoms. The van der Waals surface area contributed by atoms with Crippen molar-refractivity contribution in [2.75, 3.05) is 26.2 Å². The molecule has 2 aromatic rings. The molecule has 0 bridgehead atoms. The zero-order valence-electron chi connectivity index (χ0n) is 19.1. The number of benzene rings is 1. The van der Waals surface area contributed by atoms with Crippen LogP contribution in [0.2, 0.25) is 0 Å². The van der Waals surface area contributed by atoms with Crippen molar-refractivity contribution >= 4 is 22.4 Å². The Morgan fingerprint density at radius 2 is 2.00 bits per heavy atom. The number of nitrogens with zero attached hydrogens (tertiary/aromatic N) is 3. The summed E-state index contributed by atoms with van der Waals surface area (Å²) in [6.45, 7) is 3.89. The third-order valence-corrected chi connectivity index (χ3v) is 8.98. The predicted molar refractivity (Wildman–Crippen MR) is 131 cm³/mol. The van der Waals surface area contributed by atoms with Gasteiger partial charge in [-0.25, -0.2) is 13.1 Å². The maximum Gasteiger partial charge on any atom is 0.242 e. The Labute approximate surface area is 208 Å². The zero-order valence-corrected chi connectivity index (χ0v) is 20.7. The van der Waals surface area contributed by atoms with Crippen LogP contribution in [0.3, 0.4) is 0 Å². The minimum atomic E-state index is -3.50. The number of hydrogen-bond donors (Lipinski definition) is 1. The molecule has 5 rings (SSSR count). The van der Waals surface area contributed by atoms with Gasteiger partial charge < -0.3 is 9.64 Å². The largest absolute Gasteiger partial charge is 0.493 e. The lowest BCUT2D eigenvalue weighted by molar-refractivity contribution is 0.208. The topological polar surface area (TPSA) is 95.3 Å². The monoisotopic (exact) mass is 502 g/mol. The Bertz CT molecular complexity index is 1130. The van der Waals surface area contributed by atoms with Crippen molar-refractivity contribution in [3.8, 4) is 11.8 Å². The number of nitriles is 1. The van der Waals surface area contributed by atoms with Crippen LogP contribution in [-0.4, -0.2) is 50.6 Å². The van der Waals surface area contributed by atoms with Gasteiger partial charge in [0.1, 0.15) is 10.6 Å². The molecule has 3 heterocycles. The maximum atomic E-state index is 12.5. The molecule has 1 aliphatic carbocycles. The minimum Gasteiger partial charge on any atom is -0.493 e. The van der Waals surface area contributed by atoms with Crippen LogP contribution in [0.15, 0.2) is 47.6 Å². The molecule has 1 N–H and O–H groups in total. The number of pyridine rings is 1. The summed E-state index contributed by atoms with van der Waals surface area (Å²) in [6.07, 6.45) is 7.99. The average molecular weight is 503 g/mol. The molecule has 1 aromatic heterocycles. The molecule has 0 spiro atoms. The van der Waals surface area contributed by atoms with Gasteiger partial charge in [0.2, 0.25) is 10.0 Å². The van der Waals surface area contributed by atoms with Crippen molar-refractivity contribution in [2.45, 2.75) is 49.0 Å². The molecular formula is C25H31ClN4O3S. The second-order valence-electron chi connectivity index (χ2n) is 9.62. The summed E-state index contributed by atoms with van der Waals surface area (Å²) in [5.74, 6) is 2.51. The minimum absolute atomic E-state index is 0. The summed E-state index contributed by atoms with van der Waals surface area (Å²) < 4.78 is 33.9. The number of ether oxygens (including phenoxy) is 1. The molecule has 2 fully saturated rings. The van der Waals surface area contributed by atoms with Crippen molar-refractivity contribution in [3.05, 3.63) is 53.9 Å². The lowest BCUT2D eigenvalue weighted by atomic mass is 9.84. The number of halogens is 1. The number of likely N-dealkylation sites (tertiary alicyclic amines) is 1. The van der Waals surface area contributed by atoms with E-state index in [2.05, 4.69) is 20.7 Å². The molecule has 0 amide bonds. The molecule has 0 unspecified atom stereocenters. The molecule has 1 saturated heterocycles. The van der Waals surface area contributed by atoms with Gasteiger partial charge in [-0.2, -0.15) is 5.26 Å². The van der Waals surface area contributed by atoms with E-state index in [0.29, 0.717) is 23.3 Å². The van der Waals surface area contributed by atoms with E-state index >= 15 is 0 Å². The average Bonchev–Trinajstić information content (AvgIpc) is 3.27. The Morgan fingerprint density at radius 3 is 2.74 bits per heavy atom. The third-order valence-electron chi connectivity index (χ3n) is 7.47. The summed E-state index contributed by atoms with van der Waals surface area (Å²) in [4.78, 5) is 6.70. The van der Waals surface area contributed by atoms with Gasteiger partial charge >= 0.3 is 0 Å². The van der Waals surface area contributed by atoms with Crippen LogP contribution in [0, 0.1) is 23.2 Å². The van der Waals surface area contributed by atoms with Gasteiger partial charge in [0, 0.05) is 48.9 Å². The summed E-state index contributed by atoms with van der Waals surface area (Å²) in [5, 5.41) is 9.26. The molecule has 0 radical (unpaired) electrons. The smallest absolute Gasteiger partial charge is 0.242 e. The van der Waals surface area contributed by atoms with Gasteiger partial charge in [-0.05, 0) is 74.9 Å². The highest BCUT2D eigenvalue weighted by Crippen LogP contribution is 2.42. The van der Waals surface area contributed by atoms with Crippen LogP contribution in [0.1, 0.15) is 49.1 Å². The third kappa shape index (κ3) is 5.38. The number of fused-ring (bicyclic) bond motifs is 3. The van der Waals surface area contributed by atoms with E-state index in [1.165, 1.54) is 11.8 Å². The van der Waals surface area contributed by atoms with Gasteiger partial charge in [0.15, 0.2) is 0 Å². The number of aromatic nitrogens is 1. The molecule has 2 atom stereocenters. The molecule has 182 valence electrons. The predicted octanol–water partition coefficient (Wildman–Crippen LogP) is 3.71. The van der Waals surface area contributed by atoms with Crippen LogP contribution in [0.5, 0.6) is 5.75 Å². The van der Waals surface area contributed by atoms with Gasteiger partial charge in [0.05, 0.1) is 18.2 Å². The van der Waals surface area contributed by atoms with E-state index in [1.807, 2.05) is 18.2 Å². The van der Waals surface area contributed by atoms with E-state index in [4.69, 9.17) is 4.74 Å². The molecule has 9 heteroatoms. The van der Waals surface area contributed by atoms with Crippen molar-refractivity contribution in [1.82, 2.24) is 14.6 Å². The highest BCUT2D eigenvalue weighted by Gasteiger charge is 2.39. The van der Waals surface area contributed by atoms with Crippen molar-refractivity contribution < 1.29 is 13.2 Å². The summed E-state index contributed by atoms with van der Waals surface area (Å²) in [5.41, 5.74) is 1.89. The van der Waals surface area contributed by atoms with E-state index < -0.39 is 10.0 Å². The van der Waals surface area contributed by atoms with E-state index in [9.17, 15) is 13.7 Å². The van der Waals surface area contributed by atoms with Crippen LogP contribution < -0.4 is 9.46 Å². The quantitative estimate of drug-likeness (QED) is 0.647. The van der Waals surface area contributed by atoms with Crippen LogP contribution >= 0.6 is 12.4 Å². The number of sulfonamides is 1. The standard InChI is InChI=1S/C25H30N4O3S.ClH/c26-13-19-5-8-25-23(12-19)24-16-29(15-20(24)17-32-25)11-9-18-3-6-21(7-4-18)28-33(30,31)22-2-1-10-27-14-22;/h1-2,5,8,10,12,14,18,20-21,24,28H,3-4,6-7,9,11,15-17H2;1H/t18?,20-,21?,24+;/m0./s1. The van der Waals surface area contributed by atoms with Gasteiger partial charge in [0.25, 0.3) is 0 Å². The molecule has 1 saturated carbocycles. The van der Waals surface area contributed by atoms with Crippen molar-refractivity contribution in [3.63, 3.8) is 0 Å². The van der Waals surface area contributed by atoms with E-state index in [1.54, 1.807) is 18.3 Å². The normalized spacial score (nSPS) is 26.4. The number of nitrogens with one attached hydrogen (secondary N) is 1. The SMILES string of the molecule is Cl.N#Cc1ccc2c(c1)[C@@H]1CN(CCC3CCC(NS(=O)(=O)c4cccnc4)CC3)C[C@H]1CO2. The van der Waals surface area contributed by atoms with Crippen LogP contribution in [0.4, 0.5) is 0 Å². The second-order valence-corrected chi connectivity index (χ2v) is 11.3. The van der Waals surface area contributed by atoms with Gasteiger partial charge in [-0.3, -0.25) is 4.98 Å².